The molecule has 1 amide bonds. The molecule has 0 aromatic carbocycles. The van der Waals surface area contributed by atoms with E-state index in [-0.39, 0.29) is 11.4 Å². The molecule has 0 aromatic heterocycles. The van der Waals surface area contributed by atoms with Gasteiger partial charge < -0.3 is 5.32 Å². The van der Waals surface area contributed by atoms with Crippen molar-refractivity contribution in [1.82, 2.24) is 5.32 Å². The summed E-state index contributed by atoms with van der Waals surface area (Å²) in [6, 6.07) is 0. The van der Waals surface area contributed by atoms with Crippen molar-refractivity contribution < 1.29 is 4.79 Å². The van der Waals surface area contributed by atoms with Gasteiger partial charge in [-0.15, -0.1) is 11.6 Å². The second-order valence-corrected chi connectivity index (χ2v) is 6.33. The summed E-state index contributed by atoms with van der Waals surface area (Å²) in [6.45, 7) is 4.11. The van der Waals surface area contributed by atoms with Crippen LogP contribution in [0.3, 0.4) is 0 Å². The smallest absolute Gasteiger partial charge is 0.224 e. The quantitative estimate of drug-likeness (QED) is 0.756. The topological polar surface area (TPSA) is 29.1 Å². The maximum absolute atomic E-state index is 12.1. The van der Waals surface area contributed by atoms with Gasteiger partial charge in [0.15, 0.2) is 0 Å². The molecule has 2 aliphatic carbocycles. The SMILES string of the molecule is CC(C)(CCCl)NC(=O)C1C2CCCCC21. The zero-order valence-corrected chi connectivity index (χ0v) is 11.0. The van der Waals surface area contributed by atoms with Gasteiger partial charge in [0.25, 0.3) is 0 Å². The highest BCUT2D eigenvalue weighted by atomic mass is 35.5. The zero-order chi connectivity index (χ0) is 11.8. The molecule has 0 radical (unpaired) electrons. The van der Waals surface area contributed by atoms with E-state index in [1.54, 1.807) is 0 Å². The van der Waals surface area contributed by atoms with E-state index in [0.717, 1.165) is 6.42 Å². The molecule has 1 N–H and O–H groups in total. The number of nitrogens with one attached hydrogen (secondary N) is 1. The highest BCUT2D eigenvalue weighted by Crippen LogP contribution is 2.55. The van der Waals surface area contributed by atoms with Crippen molar-refractivity contribution in [3.8, 4) is 0 Å². The first-order chi connectivity index (χ1) is 7.55. The number of carbonyl (C=O) groups is 1. The monoisotopic (exact) mass is 243 g/mol. The Bertz CT molecular complexity index is 265. The molecule has 0 heterocycles. The average Bonchev–Trinajstić information content (AvgIpc) is 2.90. The Morgan fingerprint density at radius 1 is 1.31 bits per heavy atom. The third-order valence-corrected chi connectivity index (χ3v) is 4.33. The summed E-state index contributed by atoms with van der Waals surface area (Å²) in [4.78, 5) is 12.1. The molecular weight excluding hydrogens is 222 g/mol. The summed E-state index contributed by atoms with van der Waals surface area (Å²) in [6.07, 6.45) is 5.99. The molecule has 2 fully saturated rings. The van der Waals surface area contributed by atoms with Crippen LogP contribution in [0, 0.1) is 17.8 Å². The molecule has 2 nitrogen and oxygen atoms in total. The summed E-state index contributed by atoms with van der Waals surface area (Å²) in [7, 11) is 0. The lowest BCUT2D eigenvalue weighted by atomic mass is 10.0. The molecule has 0 bridgehead atoms. The van der Waals surface area contributed by atoms with E-state index < -0.39 is 0 Å². The lowest BCUT2D eigenvalue weighted by Gasteiger charge is -2.25. The van der Waals surface area contributed by atoms with Crippen molar-refractivity contribution in [3.63, 3.8) is 0 Å². The second kappa shape index (κ2) is 4.56. The summed E-state index contributed by atoms with van der Waals surface area (Å²) < 4.78 is 0. The van der Waals surface area contributed by atoms with Crippen LogP contribution in [-0.2, 0) is 4.79 Å². The lowest BCUT2D eigenvalue weighted by molar-refractivity contribution is -0.124. The largest absolute Gasteiger partial charge is 0.351 e. The molecule has 92 valence electrons. The standard InChI is InChI=1S/C13H22ClNO/c1-13(2,7-8-14)15-12(16)11-9-5-3-4-6-10(9)11/h9-11H,3-8H2,1-2H3,(H,15,16). The van der Waals surface area contributed by atoms with Crippen LogP contribution in [0.1, 0.15) is 46.0 Å². The predicted molar refractivity (Wildman–Crippen MR) is 66.5 cm³/mol. The van der Waals surface area contributed by atoms with Gasteiger partial charge in [-0.05, 0) is 44.9 Å². The van der Waals surface area contributed by atoms with Crippen LogP contribution in [0.5, 0.6) is 0 Å². The average molecular weight is 244 g/mol. The molecule has 3 heteroatoms. The van der Waals surface area contributed by atoms with Crippen molar-refractivity contribution in [2.24, 2.45) is 17.8 Å². The van der Waals surface area contributed by atoms with Gasteiger partial charge in [-0.2, -0.15) is 0 Å². The fourth-order valence-electron chi connectivity index (χ4n) is 3.10. The van der Waals surface area contributed by atoms with Crippen LogP contribution < -0.4 is 5.32 Å². The van der Waals surface area contributed by atoms with Gasteiger partial charge in [-0.25, -0.2) is 0 Å². The van der Waals surface area contributed by atoms with Crippen molar-refractivity contribution in [2.45, 2.75) is 51.5 Å². The minimum Gasteiger partial charge on any atom is -0.351 e. The lowest BCUT2D eigenvalue weighted by Crippen LogP contribution is -2.44. The van der Waals surface area contributed by atoms with Crippen molar-refractivity contribution in [1.29, 1.82) is 0 Å². The van der Waals surface area contributed by atoms with Crippen LogP contribution in [0.2, 0.25) is 0 Å². The molecule has 2 saturated carbocycles. The summed E-state index contributed by atoms with van der Waals surface area (Å²) in [5.41, 5.74) is -0.148. The van der Waals surface area contributed by atoms with Crippen LogP contribution in [0.4, 0.5) is 0 Å². The highest BCUT2D eigenvalue weighted by Gasteiger charge is 2.55. The minimum atomic E-state index is -0.148. The number of hydrogen-bond acceptors (Lipinski definition) is 1. The van der Waals surface area contributed by atoms with Crippen molar-refractivity contribution in [2.75, 3.05) is 5.88 Å². The first kappa shape index (κ1) is 12.2. The summed E-state index contributed by atoms with van der Waals surface area (Å²) in [5, 5.41) is 3.15. The molecule has 16 heavy (non-hydrogen) atoms. The number of fused-ring (bicyclic) bond motifs is 1. The van der Waals surface area contributed by atoms with Crippen LogP contribution >= 0.6 is 11.6 Å². The van der Waals surface area contributed by atoms with Gasteiger partial charge in [0.05, 0.1) is 0 Å². The minimum absolute atomic E-state index is 0.148. The Morgan fingerprint density at radius 3 is 2.38 bits per heavy atom. The third-order valence-electron chi connectivity index (χ3n) is 4.14. The molecule has 0 aromatic rings. The Morgan fingerprint density at radius 2 is 1.88 bits per heavy atom. The molecule has 0 spiro atoms. The Kier molecular flexibility index (Phi) is 3.48. The molecule has 0 aliphatic heterocycles. The molecule has 2 unspecified atom stereocenters. The molecule has 2 atom stereocenters. The summed E-state index contributed by atoms with van der Waals surface area (Å²) in [5.74, 6) is 2.58. The van der Waals surface area contributed by atoms with E-state index in [1.807, 2.05) is 0 Å². The number of hydrogen-bond donors (Lipinski definition) is 1. The Balaban J connectivity index is 1.85. The number of amides is 1. The Labute approximate surface area is 103 Å². The van der Waals surface area contributed by atoms with Crippen LogP contribution in [-0.4, -0.2) is 17.3 Å². The fourth-order valence-corrected chi connectivity index (χ4v) is 3.57. The van der Waals surface area contributed by atoms with E-state index in [0.29, 0.717) is 23.6 Å². The van der Waals surface area contributed by atoms with E-state index in [9.17, 15) is 4.79 Å². The molecule has 2 rings (SSSR count). The van der Waals surface area contributed by atoms with Gasteiger partial charge in [-0.1, -0.05) is 12.8 Å². The predicted octanol–water partition coefficient (Wildman–Crippen LogP) is 2.95. The maximum Gasteiger partial charge on any atom is 0.224 e. The van der Waals surface area contributed by atoms with Crippen LogP contribution in [0.25, 0.3) is 0 Å². The normalized spacial score (nSPS) is 33.1. The second-order valence-electron chi connectivity index (χ2n) is 5.95. The number of halogens is 1. The highest BCUT2D eigenvalue weighted by molar-refractivity contribution is 6.17. The Hall–Kier alpha value is -0.240. The van der Waals surface area contributed by atoms with Gasteiger partial charge in [0, 0.05) is 17.3 Å². The molecule has 0 saturated heterocycles. The van der Waals surface area contributed by atoms with Crippen LogP contribution in [0.15, 0.2) is 0 Å². The molecule has 2 aliphatic rings. The first-order valence-electron chi connectivity index (χ1n) is 6.43. The van der Waals surface area contributed by atoms with Gasteiger partial charge >= 0.3 is 0 Å². The number of carbonyl (C=O) groups excluding carboxylic acids is 1. The van der Waals surface area contributed by atoms with Gasteiger partial charge in [0.1, 0.15) is 0 Å². The van der Waals surface area contributed by atoms with E-state index in [1.165, 1.54) is 25.7 Å². The number of rotatable bonds is 4. The van der Waals surface area contributed by atoms with E-state index in [2.05, 4.69) is 19.2 Å². The zero-order valence-electron chi connectivity index (χ0n) is 10.3. The first-order valence-corrected chi connectivity index (χ1v) is 6.96. The van der Waals surface area contributed by atoms with Gasteiger partial charge in [0.2, 0.25) is 5.91 Å². The van der Waals surface area contributed by atoms with Gasteiger partial charge in [-0.3, -0.25) is 4.79 Å². The summed E-state index contributed by atoms with van der Waals surface area (Å²) >= 11 is 5.74. The fraction of sp³-hybridized carbons (Fsp3) is 0.923. The van der Waals surface area contributed by atoms with E-state index in [4.69, 9.17) is 11.6 Å². The number of alkyl halides is 1. The van der Waals surface area contributed by atoms with Crippen molar-refractivity contribution >= 4 is 17.5 Å². The van der Waals surface area contributed by atoms with Crippen molar-refractivity contribution in [3.05, 3.63) is 0 Å². The van der Waals surface area contributed by atoms with E-state index >= 15 is 0 Å². The maximum atomic E-state index is 12.1. The molecular formula is C13H22ClNO. The third kappa shape index (κ3) is 2.53.